The Bertz CT molecular complexity index is 972. The smallest absolute Gasteiger partial charge is 0.224 e. The van der Waals surface area contributed by atoms with Crippen molar-refractivity contribution >= 4 is 33.0 Å². The Morgan fingerprint density at radius 2 is 1.16 bits per heavy atom. The van der Waals surface area contributed by atoms with Crippen molar-refractivity contribution in [3.05, 3.63) is 59.7 Å². The molecule has 1 aliphatic heterocycles. The van der Waals surface area contributed by atoms with E-state index in [4.69, 9.17) is 0 Å². The second-order valence-electron chi connectivity index (χ2n) is 8.12. The molecule has 0 radical (unpaired) electrons. The van der Waals surface area contributed by atoms with E-state index in [1.165, 1.54) is 0 Å². The molecule has 166 valence electrons. The molecular formula is C24H30N2O4S. The summed E-state index contributed by atoms with van der Waals surface area (Å²) in [6.45, 7) is 4.03. The summed E-state index contributed by atoms with van der Waals surface area (Å²) in [6, 6.07) is 15.2. The first-order valence-electron chi connectivity index (χ1n) is 10.8. The Kier molecular flexibility index (Phi) is 7.49. The number of anilines is 2. The van der Waals surface area contributed by atoms with E-state index in [1.807, 2.05) is 62.4 Å². The van der Waals surface area contributed by atoms with Crippen LogP contribution in [-0.4, -0.2) is 31.7 Å². The van der Waals surface area contributed by atoms with Gasteiger partial charge in [-0.05, 0) is 47.9 Å². The maximum absolute atomic E-state index is 12.6. The van der Waals surface area contributed by atoms with Crippen LogP contribution in [0.5, 0.6) is 0 Å². The molecule has 7 heteroatoms. The van der Waals surface area contributed by atoms with E-state index in [-0.39, 0.29) is 48.0 Å². The van der Waals surface area contributed by atoms with Gasteiger partial charge in [0.15, 0.2) is 9.84 Å². The first-order chi connectivity index (χ1) is 14.8. The minimum atomic E-state index is -3.27. The lowest BCUT2D eigenvalue weighted by Crippen LogP contribution is -2.25. The van der Waals surface area contributed by atoms with Gasteiger partial charge in [0.2, 0.25) is 11.8 Å². The van der Waals surface area contributed by atoms with Gasteiger partial charge in [0, 0.05) is 24.2 Å². The second kappa shape index (κ2) is 10.1. The van der Waals surface area contributed by atoms with Gasteiger partial charge in [-0.25, -0.2) is 8.42 Å². The van der Waals surface area contributed by atoms with Gasteiger partial charge in [-0.3, -0.25) is 9.59 Å². The van der Waals surface area contributed by atoms with E-state index >= 15 is 0 Å². The summed E-state index contributed by atoms with van der Waals surface area (Å²) in [6.07, 6.45) is 1.74. The first kappa shape index (κ1) is 23.0. The molecule has 6 nitrogen and oxygen atoms in total. The van der Waals surface area contributed by atoms with Gasteiger partial charge in [-0.1, -0.05) is 50.2 Å². The number of nitrogens with one attached hydrogen (secondary N) is 2. The molecule has 31 heavy (non-hydrogen) atoms. The largest absolute Gasteiger partial charge is 0.326 e. The maximum atomic E-state index is 12.6. The van der Waals surface area contributed by atoms with Crippen LogP contribution in [0.4, 0.5) is 11.4 Å². The lowest BCUT2D eigenvalue weighted by Gasteiger charge is -2.18. The van der Waals surface area contributed by atoms with Crippen molar-refractivity contribution in [1.82, 2.24) is 0 Å². The Morgan fingerprint density at radius 3 is 1.55 bits per heavy atom. The van der Waals surface area contributed by atoms with Crippen LogP contribution in [0.2, 0.25) is 0 Å². The summed E-state index contributed by atoms with van der Waals surface area (Å²) in [5.41, 5.74) is 3.56. The molecule has 0 aliphatic carbocycles. The summed E-state index contributed by atoms with van der Waals surface area (Å²) < 4.78 is 24.5. The second-order valence-corrected chi connectivity index (χ2v) is 10.3. The molecule has 0 unspecified atom stereocenters. The molecule has 2 N–H and O–H groups in total. The number of aryl methyl sites for hydroxylation is 2. The standard InChI is InChI=1S/C24H30N2O4S/c1-3-17-9-5-7-11-21(17)25-23(27)13-19-15-31(29,30)16-20(19)14-24(28)26-22-12-8-6-10-18(22)4-2/h5-12,19-20H,3-4,13-16H2,1-2H3,(H,25,27)(H,26,28)/t19-,20+. The van der Waals surface area contributed by atoms with Gasteiger partial charge >= 0.3 is 0 Å². The van der Waals surface area contributed by atoms with Crippen LogP contribution in [-0.2, 0) is 32.3 Å². The zero-order valence-corrected chi connectivity index (χ0v) is 18.9. The van der Waals surface area contributed by atoms with E-state index in [2.05, 4.69) is 10.6 Å². The van der Waals surface area contributed by atoms with Gasteiger partial charge in [0.05, 0.1) is 11.5 Å². The molecule has 1 fully saturated rings. The van der Waals surface area contributed by atoms with E-state index < -0.39 is 9.84 Å². The number of carbonyl (C=O) groups is 2. The molecular weight excluding hydrogens is 412 g/mol. The van der Waals surface area contributed by atoms with Gasteiger partial charge in [0.1, 0.15) is 0 Å². The lowest BCUT2D eigenvalue weighted by molar-refractivity contribution is -0.119. The monoisotopic (exact) mass is 442 g/mol. The van der Waals surface area contributed by atoms with E-state index in [9.17, 15) is 18.0 Å². The van der Waals surface area contributed by atoms with Crippen molar-refractivity contribution in [1.29, 1.82) is 0 Å². The number of amides is 2. The van der Waals surface area contributed by atoms with E-state index in [1.54, 1.807) is 0 Å². The summed E-state index contributed by atoms with van der Waals surface area (Å²) in [7, 11) is -3.27. The molecule has 2 aromatic carbocycles. The predicted molar refractivity (Wildman–Crippen MR) is 124 cm³/mol. The predicted octanol–water partition coefficient (Wildman–Crippen LogP) is 3.83. The van der Waals surface area contributed by atoms with Crippen LogP contribution in [0.25, 0.3) is 0 Å². The average molecular weight is 443 g/mol. The third-order valence-electron chi connectivity index (χ3n) is 5.84. The van der Waals surface area contributed by atoms with Crippen LogP contribution in [0, 0.1) is 11.8 Å². The molecule has 1 heterocycles. The van der Waals surface area contributed by atoms with Crippen molar-refractivity contribution < 1.29 is 18.0 Å². The number of hydrogen-bond donors (Lipinski definition) is 2. The molecule has 0 aromatic heterocycles. The minimum absolute atomic E-state index is 0.0562. The number of carbonyl (C=O) groups excluding carboxylic acids is 2. The Labute approximate surface area is 184 Å². The lowest BCUT2D eigenvalue weighted by atomic mass is 9.89. The quantitative estimate of drug-likeness (QED) is 0.650. The number of para-hydroxylation sites is 2. The average Bonchev–Trinajstić information content (AvgIpc) is 3.01. The maximum Gasteiger partial charge on any atom is 0.224 e. The van der Waals surface area contributed by atoms with Crippen molar-refractivity contribution in [3.63, 3.8) is 0 Å². The molecule has 0 saturated carbocycles. The zero-order chi connectivity index (χ0) is 22.4. The summed E-state index contributed by atoms with van der Waals surface area (Å²) in [5.74, 6) is -1.29. The highest BCUT2D eigenvalue weighted by Crippen LogP contribution is 2.32. The molecule has 2 aromatic rings. The summed E-state index contributed by atoms with van der Waals surface area (Å²) >= 11 is 0. The van der Waals surface area contributed by atoms with E-state index in [0.717, 1.165) is 35.3 Å². The van der Waals surface area contributed by atoms with Crippen LogP contribution < -0.4 is 10.6 Å². The molecule has 2 atom stereocenters. The fourth-order valence-electron chi connectivity index (χ4n) is 4.22. The SMILES string of the molecule is CCc1ccccc1NC(=O)C[C@@H]1CS(=O)(=O)C[C@@H]1CC(=O)Nc1ccccc1CC. The third-order valence-corrected chi connectivity index (χ3v) is 7.71. The van der Waals surface area contributed by atoms with E-state index in [0.29, 0.717) is 0 Å². The highest BCUT2D eigenvalue weighted by molar-refractivity contribution is 7.91. The number of rotatable bonds is 8. The topological polar surface area (TPSA) is 92.3 Å². The molecule has 0 spiro atoms. The fraction of sp³-hybridized carbons (Fsp3) is 0.417. The number of sulfone groups is 1. The molecule has 0 bridgehead atoms. The third kappa shape index (κ3) is 6.17. The van der Waals surface area contributed by atoms with Gasteiger partial charge in [0.25, 0.3) is 0 Å². The van der Waals surface area contributed by atoms with Gasteiger partial charge in [-0.2, -0.15) is 0 Å². The number of benzene rings is 2. The van der Waals surface area contributed by atoms with Crippen LogP contribution in [0.1, 0.15) is 37.8 Å². The van der Waals surface area contributed by atoms with Gasteiger partial charge < -0.3 is 10.6 Å². The van der Waals surface area contributed by atoms with Crippen molar-refractivity contribution in [2.45, 2.75) is 39.5 Å². The molecule has 1 saturated heterocycles. The first-order valence-corrected chi connectivity index (χ1v) is 12.6. The van der Waals surface area contributed by atoms with Crippen LogP contribution in [0.15, 0.2) is 48.5 Å². The minimum Gasteiger partial charge on any atom is -0.326 e. The zero-order valence-electron chi connectivity index (χ0n) is 18.1. The molecule has 3 rings (SSSR count). The Hall–Kier alpha value is -2.67. The van der Waals surface area contributed by atoms with Crippen molar-refractivity contribution in [2.24, 2.45) is 11.8 Å². The fourth-order valence-corrected chi connectivity index (χ4v) is 6.44. The normalized spacial score (nSPS) is 19.7. The summed E-state index contributed by atoms with van der Waals surface area (Å²) in [4.78, 5) is 25.3. The Morgan fingerprint density at radius 1 is 0.774 bits per heavy atom. The van der Waals surface area contributed by atoms with Crippen molar-refractivity contribution in [3.8, 4) is 0 Å². The molecule has 1 aliphatic rings. The van der Waals surface area contributed by atoms with Crippen molar-refractivity contribution in [2.75, 3.05) is 22.1 Å². The molecule has 2 amide bonds. The van der Waals surface area contributed by atoms with Crippen LogP contribution in [0.3, 0.4) is 0 Å². The van der Waals surface area contributed by atoms with Gasteiger partial charge in [-0.15, -0.1) is 0 Å². The highest BCUT2D eigenvalue weighted by Gasteiger charge is 2.39. The highest BCUT2D eigenvalue weighted by atomic mass is 32.2. The summed E-state index contributed by atoms with van der Waals surface area (Å²) in [5, 5.41) is 5.82. The number of hydrogen-bond acceptors (Lipinski definition) is 4. The van der Waals surface area contributed by atoms with Crippen LogP contribution >= 0.6 is 0 Å². The Balaban J connectivity index is 1.65.